The van der Waals surface area contributed by atoms with Crippen molar-refractivity contribution in [1.29, 1.82) is 0 Å². The molecule has 3 heteroatoms. The maximum absolute atomic E-state index is 9.23. The van der Waals surface area contributed by atoms with E-state index in [9.17, 15) is 5.11 Å². The molecule has 0 spiro atoms. The third kappa shape index (κ3) is 3.94. The molecule has 0 amide bonds. The van der Waals surface area contributed by atoms with Gasteiger partial charge in [0.2, 0.25) is 0 Å². The molecule has 0 aliphatic carbocycles. The highest BCUT2D eigenvalue weighted by atomic mass is 16.3. The van der Waals surface area contributed by atoms with Gasteiger partial charge in [-0.1, -0.05) is 6.42 Å². The second kappa shape index (κ2) is 6.72. The van der Waals surface area contributed by atoms with E-state index in [1.807, 2.05) is 0 Å². The van der Waals surface area contributed by atoms with Crippen LogP contribution in [0, 0.1) is 5.92 Å². The molecule has 0 bridgehead atoms. The van der Waals surface area contributed by atoms with Crippen LogP contribution in [0.4, 0.5) is 0 Å². The molecule has 2 heterocycles. The number of nitrogens with zero attached hydrogens (tertiary/aromatic N) is 2. The quantitative estimate of drug-likeness (QED) is 0.808. The zero-order valence-corrected chi connectivity index (χ0v) is 11.3. The lowest BCUT2D eigenvalue weighted by Gasteiger charge is -2.36. The predicted octanol–water partition coefficient (Wildman–Crippen LogP) is 1.57. The lowest BCUT2D eigenvalue weighted by Crippen LogP contribution is -2.42. The summed E-state index contributed by atoms with van der Waals surface area (Å²) in [6.45, 7) is 5.25. The highest BCUT2D eigenvalue weighted by Crippen LogP contribution is 2.20. The molecule has 3 nitrogen and oxygen atoms in total. The summed E-state index contributed by atoms with van der Waals surface area (Å²) in [5.41, 5.74) is 0. The van der Waals surface area contributed by atoms with Gasteiger partial charge in [0.05, 0.1) is 0 Å². The zero-order valence-electron chi connectivity index (χ0n) is 11.3. The first-order valence-electron chi connectivity index (χ1n) is 7.33. The monoisotopic (exact) mass is 240 g/mol. The van der Waals surface area contributed by atoms with Gasteiger partial charge in [-0.25, -0.2) is 0 Å². The normalized spacial score (nSPS) is 32.8. The van der Waals surface area contributed by atoms with Gasteiger partial charge in [0.15, 0.2) is 0 Å². The van der Waals surface area contributed by atoms with Crippen LogP contribution in [0.2, 0.25) is 0 Å². The number of piperidine rings is 2. The van der Waals surface area contributed by atoms with E-state index in [1.165, 1.54) is 58.2 Å². The third-order valence-electron chi connectivity index (χ3n) is 4.56. The summed E-state index contributed by atoms with van der Waals surface area (Å²) in [7, 11) is 2.27. The highest BCUT2D eigenvalue weighted by molar-refractivity contribution is 4.78. The first-order valence-corrected chi connectivity index (χ1v) is 7.33. The molecule has 0 saturated carbocycles. The van der Waals surface area contributed by atoms with E-state index in [4.69, 9.17) is 0 Å². The van der Waals surface area contributed by atoms with Gasteiger partial charge < -0.3 is 14.9 Å². The molecular weight excluding hydrogens is 212 g/mol. The van der Waals surface area contributed by atoms with Crippen molar-refractivity contribution in [2.24, 2.45) is 5.92 Å². The number of aliphatic hydroxyl groups excluding tert-OH is 1. The van der Waals surface area contributed by atoms with Crippen molar-refractivity contribution in [2.75, 3.05) is 39.8 Å². The maximum atomic E-state index is 9.23. The molecule has 0 aromatic carbocycles. The Hall–Kier alpha value is -0.120. The van der Waals surface area contributed by atoms with Gasteiger partial charge in [-0.15, -0.1) is 0 Å². The van der Waals surface area contributed by atoms with Crippen molar-refractivity contribution in [3.05, 3.63) is 0 Å². The van der Waals surface area contributed by atoms with Crippen molar-refractivity contribution in [1.82, 2.24) is 9.80 Å². The van der Waals surface area contributed by atoms with E-state index in [0.717, 1.165) is 12.6 Å². The van der Waals surface area contributed by atoms with Gasteiger partial charge in [-0.05, 0) is 64.7 Å². The van der Waals surface area contributed by atoms with Gasteiger partial charge >= 0.3 is 0 Å². The van der Waals surface area contributed by atoms with Crippen LogP contribution in [0.3, 0.4) is 0 Å². The SMILES string of the molecule is CN1CCCCC1CCN1CCCC(CO)C1. The average Bonchev–Trinajstić information content (AvgIpc) is 2.38. The molecular formula is C14H28N2O. The zero-order chi connectivity index (χ0) is 12.1. The Morgan fingerprint density at radius 2 is 2.00 bits per heavy atom. The molecule has 2 atom stereocenters. The van der Waals surface area contributed by atoms with Crippen LogP contribution in [0.25, 0.3) is 0 Å². The lowest BCUT2D eigenvalue weighted by molar-refractivity contribution is 0.102. The van der Waals surface area contributed by atoms with Crippen molar-refractivity contribution in [3.63, 3.8) is 0 Å². The summed E-state index contributed by atoms with van der Waals surface area (Å²) in [4.78, 5) is 5.10. The predicted molar refractivity (Wildman–Crippen MR) is 71.1 cm³/mol. The van der Waals surface area contributed by atoms with Crippen molar-refractivity contribution >= 4 is 0 Å². The lowest BCUT2D eigenvalue weighted by atomic mass is 9.97. The van der Waals surface area contributed by atoms with Gasteiger partial charge in [-0.3, -0.25) is 0 Å². The second-order valence-electron chi connectivity index (χ2n) is 5.91. The minimum atomic E-state index is 0.375. The number of hydrogen-bond donors (Lipinski definition) is 1. The Kier molecular flexibility index (Phi) is 5.26. The summed E-state index contributed by atoms with van der Waals surface area (Å²) < 4.78 is 0. The van der Waals surface area contributed by atoms with Crippen LogP contribution >= 0.6 is 0 Å². The molecule has 2 aliphatic heterocycles. The summed E-state index contributed by atoms with van der Waals surface area (Å²) in [6, 6.07) is 0.804. The third-order valence-corrected chi connectivity index (χ3v) is 4.56. The number of rotatable bonds is 4. The first kappa shape index (κ1) is 13.3. The van der Waals surface area contributed by atoms with E-state index < -0.39 is 0 Å². The molecule has 2 saturated heterocycles. The van der Waals surface area contributed by atoms with Gasteiger partial charge in [0.25, 0.3) is 0 Å². The number of hydrogen-bond acceptors (Lipinski definition) is 3. The molecule has 2 rings (SSSR count). The fraction of sp³-hybridized carbons (Fsp3) is 1.00. The first-order chi connectivity index (χ1) is 8.29. The topological polar surface area (TPSA) is 26.7 Å². The Morgan fingerprint density at radius 1 is 1.12 bits per heavy atom. The molecule has 0 aromatic rings. The highest BCUT2D eigenvalue weighted by Gasteiger charge is 2.22. The molecule has 1 N–H and O–H groups in total. The van der Waals surface area contributed by atoms with E-state index in [1.54, 1.807) is 0 Å². The van der Waals surface area contributed by atoms with Crippen LogP contribution < -0.4 is 0 Å². The van der Waals surface area contributed by atoms with Crippen molar-refractivity contribution in [2.45, 2.75) is 44.6 Å². The van der Waals surface area contributed by atoms with Crippen LogP contribution in [0.1, 0.15) is 38.5 Å². The minimum absolute atomic E-state index is 0.375. The summed E-state index contributed by atoms with van der Waals surface area (Å²) >= 11 is 0. The molecule has 2 unspecified atom stereocenters. The summed E-state index contributed by atoms with van der Waals surface area (Å²) in [6.07, 6.45) is 7.97. The molecule has 2 fully saturated rings. The van der Waals surface area contributed by atoms with Gasteiger partial charge in [-0.2, -0.15) is 0 Å². The minimum Gasteiger partial charge on any atom is -0.396 e. The Labute approximate surface area is 106 Å². The second-order valence-corrected chi connectivity index (χ2v) is 5.91. The standard InChI is InChI=1S/C14H28N2O/c1-15-8-3-2-6-14(15)7-10-16-9-4-5-13(11-16)12-17/h13-14,17H,2-12H2,1H3. The van der Waals surface area contributed by atoms with Crippen LogP contribution in [-0.2, 0) is 0 Å². The summed E-state index contributed by atoms with van der Waals surface area (Å²) in [5, 5.41) is 9.23. The largest absolute Gasteiger partial charge is 0.396 e. The smallest absolute Gasteiger partial charge is 0.0471 e. The van der Waals surface area contributed by atoms with E-state index in [0.29, 0.717) is 12.5 Å². The fourth-order valence-electron chi connectivity index (χ4n) is 3.34. The van der Waals surface area contributed by atoms with Crippen molar-refractivity contribution in [3.8, 4) is 0 Å². The Morgan fingerprint density at radius 3 is 2.76 bits per heavy atom. The Bertz CT molecular complexity index is 222. The molecule has 17 heavy (non-hydrogen) atoms. The number of aliphatic hydroxyl groups is 1. The van der Waals surface area contributed by atoms with Crippen molar-refractivity contribution < 1.29 is 5.11 Å². The van der Waals surface area contributed by atoms with Crippen LogP contribution in [0.5, 0.6) is 0 Å². The summed E-state index contributed by atoms with van der Waals surface area (Å²) in [5.74, 6) is 0.535. The fourth-order valence-corrected chi connectivity index (χ4v) is 3.34. The molecule has 0 radical (unpaired) electrons. The molecule has 0 aromatic heterocycles. The van der Waals surface area contributed by atoms with Gasteiger partial charge in [0, 0.05) is 19.2 Å². The molecule has 100 valence electrons. The molecule has 2 aliphatic rings. The van der Waals surface area contributed by atoms with E-state index >= 15 is 0 Å². The van der Waals surface area contributed by atoms with Crippen LogP contribution in [0.15, 0.2) is 0 Å². The van der Waals surface area contributed by atoms with Crippen LogP contribution in [-0.4, -0.2) is 60.8 Å². The Balaban J connectivity index is 1.69. The maximum Gasteiger partial charge on any atom is 0.0471 e. The van der Waals surface area contributed by atoms with E-state index in [2.05, 4.69) is 16.8 Å². The van der Waals surface area contributed by atoms with Gasteiger partial charge in [0.1, 0.15) is 0 Å². The number of likely N-dealkylation sites (tertiary alicyclic amines) is 2. The average molecular weight is 240 g/mol. The van der Waals surface area contributed by atoms with E-state index in [-0.39, 0.29) is 0 Å².